The Morgan fingerprint density at radius 1 is 1.11 bits per heavy atom. The summed E-state index contributed by atoms with van der Waals surface area (Å²) in [7, 11) is 0. The molecule has 2 aromatic heterocycles. The van der Waals surface area contributed by atoms with Crippen LogP contribution in [0.15, 0.2) is 42.6 Å². The lowest BCUT2D eigenvalue weighted by atomic mass is 9.98. The zero-order valence-corrected chi connectivity index (χ0v) is 24.5. The minimum Gasteiger partial charge on any atom is -0.459 e. The molecule has 1 aliphatic carbocycles. The Morgan fingerprint density at radius 2 is 1.87 bits per heavy atom. The number of carbonyl (C=O) groups excluding carboxylic acids is 3. The van der Waals surface area contributed by atoms with E-state index < -0.39 is 71.2 Å². The van der Waals surface area contributed by atoms with Crippen molar-refractivity contribution in [1.29, 1.82) is 0 Å². The fourth-order valence-corrected chi connectivity index (χ4v) is 5.24. The molecule has 0 saturated carbocycles. The molecule has 46 heavy (non-hydrogen) atoms. The van der Waals surface area contributed by atoms with Crippen LogP contribution in [0.25, 0.3) is 5.65 Å². The number of aliphatic hydroxyl groups excluding tert-OH is 1. The van der Waals surface area contributed by atoms with Crippen molar-refractivity contribution >= 4 is 23.4 Å². The van der Waals surface area contributed by atoms with Crippen molar-refractivity contribution in [2.45, 2.75) is 58.0 Å². The van der Waals surface area contributed by atoms with Crippen LogP contribution < -0.4 is 10.6 Å². The van der Waals surface area contributed by atoms with Gasteiger partial charge in [-0.1, -0.05) is 19.1 Å². The van der Waals surface area contributed by atoms with Crippen LogP contribution in [-0.2, 0) is 23.9 Å². The average molecular weight is 646 g/mol. The summed E-state index contributed by atoms with van der Waals surface area (Å²) >= 11 is 0. The van der Waals surface area contributed by atoms with Crippen LogP contribution in [0.3, 0.4) is 0 Å². The van der Waals surface area contributed by atoms with Crippen LogP contribution in [0, 0.1) is 18.6 Å². The first-order chi connectivity index (χ1) is 21.8. The monoisotopic (exact) mass is 645 g/mol. The van der Waals surface area contributed by atoms with E-state index in [9.17, 15) is 41.4 Å². The van der Waals surface area contributed by atoms with Crippen LogP contribution in [0.5, 0.6) is 0 Å². The van der Waals surface area contributed by atoms with Crippen LogP contribution in [0.2, 0.25) is 0 Å². The van der Waals surface area contributed by atoms with E-state index in [4.69, 9.17) is 4.74 Å². The molecule has 1 aliphatic rings. The molecule has 0 radical (unpaired) electrons. The molecular weight excluding hydrogens is 617 g/mol. The van der Waals surface area contributed by atoms with Gasteiger partial charge in [0.2, 0.25) is 0 Å². The maximum Gasteiger partial charge on any atom is 0.419 e. The summed E-state index contributed by atoms with van der Waals surface area (Å²) in [5.41, 5.74) is -0.0190. The number of aromatic nitrogens is 3. The fourth-order valence-electron chi connectivity index (χ4n) is 5.24. The second-order valence-electron chi connectivity index (χ2n) is 10.8. The van der Waals surface area contributed by atoms with Gasteiger partial charge in [-0.15, -0.1) is 0 Å². The highest BCUT2D eigenvalue weighted by Gasteiger charge is 2.34. The van der Waals surface area contributed by atoms with Gasteiger partial charge in [-0.25, -0.2) is 23.1 Å². The molecule has 0 bridgehead atoms. The number of esters is 1. The largest absolute Gasteiger partial charge is 0.459 e. The van der Waals surface area contributed by atoms with Crippen molar-refractivity contribution in [3.63, 3.8) is 0 Å². The standard InChI is InChI=1S/C31H28F5N5O5/c1-3-17(42)14-46-30(45)19-5-6-20-18(15(19)2)7-9-24(20)40-29(44)26-11-25(39-27-23(33)13-38-41(26)27)28(43)37-12-16-4-8-22(32)21(10-16)31(34,35)36/h4-6,8,10-11,13,17,24,42H,3,7,9,12,14H2,1-2H3,(H,37,43)(H,40,44)/t17?,24-/m0/s1. The molecule has 15 heteroatoms. The van der Waals surface area contributed by atoms with Crippen LogP contribution >= 0.6 is 0 Å². The zero-order valence-electron chi connectivity index (χ0n) is 24.5. The van der Waals surface area contributed by atoms with E-state index in [1.54, 1.807) is 26.0 Å². The molecule has 0 fully saturated rings. The number of hydrogen-bond donors (Lipinski definition) is 3. The summed E-state index contributed by atoms with van der Waals surface area (Å²) in [5, 5.41) is 18.8. The van der Waals surface area contributed by atoms with Crippen molar-refractivity contribution in [3.05, 3.63) is 99.0 Å². The first-order valence-electron chi connectivity index (χ1n) is 14.2. The number of halogens is 5. The third-order valence-electron chi connectivity index (χ3n) is 7.78. The van der Waals surface area contributed by atoms with Gasteiger partial charge < -0.3 is 20.5 Å². The number of carbonyl (C=O) groups is 3. The quantitative estimate of drug-likeness (QED) is 0.179. The van der Waals surface area contributed by atoms with Gasteiger partial charge in [-0.05, 0) is 66.6 Å². The summed E-state index contributed by atoms with van der Waals surface area (Å²) < 4.78 is 73.6. The van der Waals surface area contributed by atoms with Crippen molar-refractivity contribution in [2.75, 3.05) is 6.61 Å². The first-order valence-corrected chi connectivity index (χ1v) is 14.2. The minimum absolute atomic E-state index is 0.0539. The van der Waals surface area contributed by atoms with Gasteiger partial charge in [-0.3, -0.25) is 9.59 Å². The van der Waals surface area contributed by atoms with Gasteiger partial charge >= 0.3 is 12.1 Å². The molecule has 0 saturated heterocycles. The van der Waals surface area contributed by atoms with Crippen molar-refractivity contribution in [3.8, 4) is 0 Å². The van der Waals surface area contributed by atoms with Crippen LogP contribution in [0.4, 0.5) is 22.0 Å². The predicted octanol–water partition coefficient (Wildman–Crippen LogP) is 4.61. The number of nitrogens with one attached hydrogen (secondary N) is 2. The molecule has 5 rings (SSSR count). The van der Waals surface area contributed by atoms with Gasteiger partial charge in [0.15, 0.2) is 11.5 Å². The molecule has 2 atom stereocenters. The molecule has 2 heterocycles. The van der Waals surface area contributed by atoms with Crippen LogP contribution in [0.1, 0.15) is 85.0 Å². The number of fused-ring (bicyclic) bond motifs is 2. The minimum atomic E-state index is -4.94. The summed E-state index contributed by atoms with van der Waals surface area (Å²) in [6.45, 7) is 2.95. The van der Waals surface area contributed by atoms with E-state index in [0.717, 1.165) is 34.0 Å². The molecule has 10 nitrogen and oxygen atoms in total. The number of rotatable bonds is 9. The van der Waals surface area contributed by atoms with Crippen molar-refractivity contribution in [2.24, 2.45) is 0 Å². The Bertz CT molecular complexity index is 1840. The second kappa shape index (κ2) is 12.8. The second-order valence-corrected chi connectivity index (χ2v) is 10.8. The molecule has 0 aliphatic heterocycles. The van der Waals surface area contributed by atoms with E-state index >= 15 is 0 Å². The smallest absolute Gasteiger partial charge is 0.419 e. The Kier molecular flexibility index (Phi) is 9.06. The van der Waals surface area contributed by atoms with E-state index in [2.05, 4.69) is 20.7 Å². The highest BCUT2D eigenvalue weighted by molar-refractivity contribution is 5.98. The maximum atomic E-state index is 14.5. The molecule has 2 aromatic carbocycles. The Hall–Kier alpha value is -4.92. The van der Waals surface area contributed by atoms with Crippen LogP contribution in [-0.4, -0.2) is 50.2 Å². The molecule has 242 valence electrons. The number of ether oxygens (including phenoxy) is 1. The highest BCUT2D eigenvalue weighted by Crippen LogP contribution is 2.35. The summed E-state index contributed by atoms with van der Waals surface area (Å²) in [6.07, 6.45) is -3.46. The number of alkyl halides is 3. The molecule has 4 aromatic rings. The number of benzene rings is 2. The SMILES string of the molecule is CCC(O)COC(=O)c1ccc2c(c1C)CC[C@@H]2NC(=O)c1cc(C(=O)NCc2ccc(F)c(C(F)(F)F)c2)nc2c(F)cnn12. The molecular formula is C31H28F5N5O5. The molecule has 3 N–H and O–H groups in total. The summed E-state index contributed by atoms with van der Waals surface area (Å²) in [5.74, 6) is -4.61. The van der Waals surface area contributed by atoms with Gasteiger partial charge in [0.1, 0.15) is 23.8 Å². The van der Waals surface area contributed by atoms with Gasteiger partial charge in [-0.2, -0.15) is 18.3 Å². The van der Waals surface area contributed by atoms with Gasteiger partial charge in [0, 0.05) is 12.6 Å². The summed E-state index contributed by atoms with van der Waals surface area (Å²) in [6, 6.07) is 6.10. The van der Waals surface area contributed by atoms with E-state index in [1.165, 1.54) is 0 Å². The van der Waals surface area contributed by atoms with Crippen molar-refractivity contribution < 1.29 is 46.2 Å². The Balaban J connectivity index is 1.35. The predicted molar refractivity (Wildman–Crippen MR) is 152 cm³/mol. The zero-order chi connectivity index (χ0) is 33.3. The van der Waals surface area contributed by atoms with E-state index in [0.29, 0.717) is 42.5 Å². The number of amides is 2. The van der Waals surface area contributed by atoms with Crippen molar-refractivity contribution in [1.82, 2.24) is 25.2 Å². The van der Waals surface area contributed by atoms with E-state index in [-0.39, 0.29) is 17.9 Å². The summed E-state index contributed by atoms with van der Waals surface area (Å²) in [4.78, 5) is 43.0. The molecule has 0 spiro atoms. The normalized spacial score (nSPS) is 15.0. The van der Waals surface area contributed by atoms with Gasteiger partial charge in [0.25, 0.3) is 11.8 Å². The lowest BCUT2D eigenvalue weighted by Crippen LogP contribution is -2.31. The topological polar surface area (TPSA) is 135 Å². The molecule has 2 amide bonds. The number of hydrogen-bond acceptors (Lipinski definition) is 7. The highest BCUT2D eigenvalue weighted by atomic mass is 19.4. The number of nitrogens with zero attached hydrogens (tertiary/aromatic N) is 3. The first kappa shape index (κ1) is 32.5. The number of aliphatic hydroxyl groups is 1. The maximum absolute atomic E-state index is 14.5. The third-order valence-corrected chi connectivity index (χ3v) is 7.78. The lowest BCUT2D eigenvalue weighted by Gasteiger charge is -2.17. The average Bonchev–Trinajstić information content (AvgIpc) is 3.61. The van der Waals surface area contributed by atoms with Gasteiger partial charge in [0.05, 0.1) is 29.5 Å². The molecule has 1 unspecified atom stereocenters. The fraction of sp³-hybridized carbons (Fsp3) is 0.323. The Morgan fingerprint density at radius 3 is 2.59 bits per heavy atom. The van der Waals surface area contributed by atoms with E-state index in [1.807, 2.05) is 0 Å². The third kappa shape index (κ3) is 6.54. The Labute approximate surface area is 258 Å². The lowest BCUT2D eigenvalue weighted by molar-refractivity contribution is -0.140.